The van der Waals surface area contributed by atoms with Crippen molar-refractivity contribution in [2.75, 3.05) is 13.2 Å². The molecule has 0 amide bonds. The Kier molecular flexibility index (Phi) is 2.59. The smallest absolute Gasteiger partial charge is 0.138 e. The summed E-state index contributed by atoms with van der Waals surface area (Å²) in [6.07, 6.45) is 4.11. The van der Waals surface area contributed by atoms with E-state index in [1.807, 2.05) is 0 Å². The molecule has 1 fully saturated rings. The van der Waals surface area contributed by atoms with Gasteiger partial charge in [0.15, 0.2) is 0 Å². The molecule has 0 saturated carbocycles. The zero-order valence-electron chi connectivity index (χ0n) is 7.94. The lowest BCUT2D eigenvalue weighted by Crippen LogP contribution is -2.19. The van der Waals surface area contributed by atoms with Crippen LogP contribution in [0.25, 0.3) is 0 Å². The van der Waals surface area contributed by atoms with Crippen LogP contribution in [0, 0.1) is 0 Å². The van der Waals surface area contributed by atoms with Gasteiger partial charge in [-0.05, 0) is 19.8 Å². The average Bonchev–Trinajstić information content (AvgIpc) is 2.67. The van der Waals surface area contributed by atoms with Gasteiger partial charge in [0.05, 0.1) is 6.61 Å². The number of aromatic nitrogens is 3. The van der Waals surface area contributed by atoms with Gasteiger partial charge in [0.1, 0.15) is 12.2 Å². The molecule has 1 aromatic heterocycles. The molecule has 0 radical (unpaired) electrons. The minimum atomic E-state index is 0.455. The Morgan fingerprint density at radius 3 is 3.31 bits per heavy atom. The Hall–Kier alpha value is -0.900. The maximum atomic E-state index is 5.42. The Bertz CT molecular complexity index is 266. The summed E-state index contributed by atoms with van der Waals surface area (Å²) < 4.78 is 7.52. The van der Waals surface area contributed by atoms with E-state index in [2.05, 4.69) is 21.7 Å². The molecule has 0 N–H and O–H groups in total. The molecule has 1 atom stereocenters. The van der Waals surface area contributed by atoms with Crippen LogP contribution in [-0.4, -0.2) is 28.0 Å². The molecule has 0 spiro atoms. The van der Waals surface area contributed by atoms with Crippen LogP contribution in [0.3, 0.4) is 0 Å². The number of rotatable bonds is 2. The molecular weight excluding hydrogens is 166 g/mol. The van der Waals surface area contributed by atoms with Crippen molar-refractivity contribution in [2.24, 2.45) is 0 Å². The summed E-state index contributed by atoms with van der Waals surface area (Å²) in [7, 11) is 0. The summed E-state index contributed by atoms with van der Waals surface area (Å²) in [5.41, 5.74) is 0. The van der Waals surface area contributed by atoms with Crippen molar-refractivity contribution < 1.29 is 4.74 Å². The number of ether oxygens (including phenoxy) is 1. The Morgan fingerprint density at radius 2 is 2.62 bits per heavy atom. The number of aryl methyl sites for hydroxylation is 1. The van der Waals surface area contributed by atoms with E-state index in [1.54, 1.807) is 6.33 Å². The Labute approximate surface area is 77.9 Å². The molecule has 4 heteroatoms. The van der Waals surface area contributed by atoms with Crippen molar-refractivity contribution in [1.82, 2.24) is 14.8 Å². The normalized spacial score (nSPS) is 23.3. The highest BCUT2D eigenvalue weighted by molar-refractivity contribution is 4.97. The van der Waals surface area contributed by atoms with Crippen LogP contribution in [0.2, 0.25) is 0 Å². The average molecular weight is 181 g/mol. The van der Waals surface area contributed by atoms with E-state index in [1.165, 1.54) is 6.42 Å². The third kappa shape index (κ3) is 1.72. The lowest BCUT2D eigenvalue weighted by atomic mass is 10.0. The summed E-state index contributed by atoms with van der Waals surface area (Å²) in [4.78, 5) is 0. The standard InChI is InChI=1S/C9H15N3O/c1-2-12-7-10-11-9(12)8-4-3-5-13-6-8/h7-8H,2-6H2,1H3. The molecule has 4 nitrogen and oxygen atoms in total. The van der Waals surface area contributed by atoms with E-state index < -0.39 is 0 Å². The predicted octanol–water partition coefficient (Wildman–Crippen LogP) is 1.19. The van der Waals surface area contributed by atoms with Gasteiger partial charge in [-0.25, -0.2) is 0 Å². The molecule has 0 bridgehead atoms. The van der Waals surface area contributed by atoms with E-state index in [0.29, 0.717) is 5.92 Å². The van der Waals surface area contributed by atoms with E-state index in [-0.39, 0.29) is 0 Å². The largest absolute Gasteiger partial charge is 0.381 e. The summed E-state index contributed by atoms with van der Waals surface area (Å²) in [5, 5.41) is 8.07. The maximum absolute atomic E-state index is 5.42. The van der Waals surface area contributed by atoms with Gasteiger partial charge in [-0.2, -0.15) is 0 Å². The second kappa shape index (κ2) is 3.87. The molecule has 13 heavy (non-hydrogen) atoms. The summed E-state index contributed by atoms with van der Waals surface area (Å²) in [6.45, 7) is 4.75. The molecule has 1 aliphatic rings. The fraction of sp³-hybridized carbons (Fsp3) is 0.778. The van der Waals surface area contributed by atoms with Crippen LogP contribution in [0.15, 0.2) is 6.33 Å². The van der Waals surface area contributed by atoms with Crippen molar-refractivity contribution in [3.63, 3.8) is 0 Å². The molecule has 2 rings (SSSR count). The minimum absolute atomic E-state index is 0.455. The van der Waals surface area contributed by atoms with Gasteiger partial charge in [0, 0.05) is 19.1 Å². The van der Waals surface area contributed by atoms with Crippen LogP contribution < -0.4 is 0 Å². The molecular formula is C9H15N3O. The lowest BCUT2D eigenvalue weighted by Gasteiger charge is -2.21. The summed E-state index contributed by atoms with van der Waals surface area (Å²) >= 11 is 0. The van der Waals surface area contributed by atoms with Crippen LogP contribution in [0.1, 0.15) is 31.5 Å². The van der Waals surface area contributed by atoms with Crippen molar-refractivity contribution >= 4 is 0 Å². The van der Waals surface area contributed by atoms with Crippen LogP contribution >= 0.6 is 0 Å². The number of hydrogen-bond acceptors (Lipinski definition) is 3. The van der Waals surface area contributed by atoms with Gasteiger partial charge < -0.3 is 9.30 Å². The highest BCUT2D eigenvalue weighted by atomic mass is 16.5. The minimum Gasteiger partial charge on any atom is -0.381 e. The maximum Gasteiger partial charge on any atom is 0.138 e. The van der Waals surface area contributed by atoms with Gasteiger partial charge in [-0.3, -0.25) is 0 Å². The van der Waals surface area contributed by atoms with Crippen molar-refractivity contribution in [3.05, 3.63) is 12.2 Å². The van der Waals surface area contributed by atoms with Crippen LogP contribution in [0.4, 0.5) is 0 Å². The summed E-state index contributed by atoms with van der Waals surface area (Å²) in [5.74, 6) is 1.54. The molecule has 1 unspecified atom stereocenters. The first-order chi connectivity index (χ1) is 6.42. The van der Waals surface area contributed by atoms with Crippen LogP contribution in [0.5, 0.6) is 0 Å². The second-order valence-electron chi connectivity index (χ2n) is 3.39. The lowest BCUT2D eigenvalue weighted by molar-refractivity contribution is 0.0769. The first-order valence-electron chi connectivity index (χ1n) is 4.87. The van der Waals surface area contributed by atoms with Gasteiger partial charge in [0.2, 0.25) is 0 Å². The van der Waals surface area contributed by atoms with E-state index >= 15 is 0 Å². The zero-order chi connectivity index (χ0) is 9.10. The van der Waals surface area contributed by atoms with E-state index in [4.69, 9.17) is 4.74 Å². The quantitative estimate of drug-likeness (QED) is 0.688. The Balaban J connectivity index is 2.13. The second-order valence-corrected chi connectivity index (χ2v) is 3.39. The van der Waals surface area contributed by atoms with Gasteiger partial charge in [0.25, 0.3) is 0 Å². The fourth-order valence-corrected chi connectivity index (χ4v) is 1.77. The van der Waals surface area contributed by atoms with E-state index in [9.17, 15) is 0 Å². The topological polar surface area (TPSA) is 39.9 Å². The molecule has 1 saturated heterocycles. The van der Waals surface area contributed by atoms with Crippen molar-refractivity contribution in [1.29, 1.82) is 0 Å². The fourth-order valence-electron chi connectivity index (χ4n) is 1.77. The van der Waals surface area contributed by atoms with Gasteiger partial charge >= 0.3 is 0 Å². The molecule has 0 aliphatic carbocycles. The number of hydrogen-bond donors (Lipinski definition) is 0. The third-order valence-corrected chi connectivity index (χ3v) is 2.51. The predicted molar refractivity (Wildman–Crippen MR) is 48.5 cm³/mol. The summed E-state index contributed by atoms with van der Waals surface area (Å²) in [6, 6.07) is 0. The van der Waals surface area contributed by atoms with Crippen molar-refractivity contribution in [3.8, 4) is 0 Å². The molecule has 72 valence electrons. The first-order valence-corrected chi connectivity index (χ1v) is 4.87. The molecule has 1 aromatic rings. The van der Waals surface area contributed by atoms with E-state index in [0.717, 1.165) is 32.0 Å². The monoisotopic (exact) mass is 181 g/mol. The third-order valence-electron chi connectivity index (χ3n) is 2.51. The molecule has 1 aliphatic heterocycles. The molecule has 2 heterocycles. The zero-order valence-corrected chi connectivity index (χ0v) is 7.94. The molecule has 0 aromatic carbocycles. The highest BCUT2D eigenvalue weighted by Crippen LogP contribution is 2.23. The number of nitrogens with zero attached hydrogens (tertiary/aromatic N) is 3. The first kappa shape index (κ1) is 8.69. The van der Waals surface area contributed by atoms with Gasteiger partial charge in [-0.15, -0.1) is 10.2 Å². The SMILES string of the molecule is CCn1cnnc1C1CCCOC1. The highest BCUT2D eigenvalue weighted by Gasteiger charge is 2.20. The Morgan fingerprint density at radius 1 is 1.69 bits per heavy atom. The van der Waals surface area contributed by atoms with Gasteiger partial charge in [-0.1, -0.05) is 0 Å². The van der Waals surface area contributed by atoms with Crippen molar-refractivity contribution in [2.45, 2.75) is 32.2 Å². The van der Waals surface area contributed by atoms with Crippen LogP contribution in [-0.2, 0) is 11.3 Å².